The lowest BCUT2D eigenvalue weighted by atomic mass is 10.2. The van der Waals surface area contributed by atoms with E-state index in [1.165, 1.54) is 24.3 Å². The van der Waals surface area contributed by atoms with Gasteiger partial charge in [-0.1, -0.05) is 0 Å². The predicted octanol–water partition coefficient (Wildman–Crippen LogP) is 2.54. The highest BCUT2D eigenvalue weighted by Crippen LogP contribution is 2.25. The van der Waals surface area contributed by atoms with Crippen LogP contribution in [0.3, 0.4) is 0 Å². The van der Waals surface area contributed by atoms with E-state index in [1.54, 1.807) is 6.92 Å². The van der Waals surface area contributed by atoms with Crippen molar-refractivity contribution in [1.29, 1.82) is 0 Å². The largest absolute Gasteiger partial charge is 0.460 e. The quantitative estimate of drug-likeness (QED) is 0.641. The minimum atomic E-state index is -3.80. The summed E-state index contributed by atoms with van der Waals surface area (Å²) in [6.45, 7) is 1.91. The van der Waals surface area contributed by atoms with Crippen molar-refractivity contribution >= 4 is 36.7 Å². The maximum Gasteiger partial charge on any atom is 0.374 e. The molecule has 7 heteroatoms. The maximum atomic E-state index is 11.4. The number of carbonyl (C=O) groups excluding carboxylic acids is 1. The van der Waals surface area contributed by atoms with Gasteiger partial charge in [0.25, 0.3) is 9.05 Å². The Hall–Kier alpha value is -1.53. The molecule has 0 unspecified atom stereocenters. The van der Waals surface area contributed by atoms with Gasteiger partial charge in [-0.2, -0.15) is 0 Å². The third kappa shape index (κ3) is 2.49. The van der Waals surface area contributed by atoms with Gasteiger partial charge in [0.05, 0.1) is 11.5 Å². The normalized spacial score (nSPS) is 11.7. The number of fused-ring (bicyclic) bond motifs is 1. The van der Waals surface area contributed by atoms with Gasteiger partial charge in [0.15, 0.2) is 0 Å². The van der Waals surface area contributed by atoms with Crippen LogP contribution in [0.2, 0.25) is 0 Å². The highest BCUT2D eigenvalue weighted by Gasteiger charge is 2.16. The van der Waals surface area contributed by atoms with E-state index in [4.69, 9.17) is 19.8 Å². The third-order valence-corrected chi connectivity index (χ3v) is 3.60. The van der Waals surface area contributed by atoms with Crippen molar-refractivity contribution in [2.75, 3.05) is 6.61 Å². The minimum Gasteiger partial charge on any atom is -0.460 e. The van der Waals surface area contributed by atoms with Gasteiger partial charge in [-0.05, 0) is 31.2 Å². The Labute approximate surface area is 108 Å². The SMILES string of the molecule is CCOC(=O)c1cc2cc(S(=O)(=O)Cl)ccc2o1. The summed E-state index contributed by atoms with van der Waals surface area (Å²) < 4.78 is 32.3. The molecule has 0 fully saturated rings. The van der Waals surface area contributed by atoms with Crippen LogP contribution >= 0.6 is 10.7 Å². The fourth-order valence-electron chi connectivity index (χ4n) is 1.48. The summed E-state index contributed by atoms with van der Waals surface area (Å²) in [5.41, 5.74) is 0.391. The Morgan fingerprint density at radius 1 is 1.39 bits per heavy atom. The van der Waals surface area contributed by atoms with Gasteiger partial charge in [0.1, 0.15) is 5.58 Å². The van der Waals surface area contributed by atoms with Crippen molar-refractivity contribution in [1.82, 2.24) is 0 Å². The second-order valence-corrected chi connectivity index (χ2v) is 6.03. The van der Waals surface area contributed by atoms with Crippen LogP contribution in [0.1, 0.15) is 17.5 Å². The molecule has 0 aliphatic rings. The zero-order valence-corrected chi connectivity index (χ0v) is 10.9. The lowest BCUT2D eigenvalue weighted by Gasteiger charge is -1.95. The molecule has 1 aromatic heterocycles. The van der Waals surface area contributed by atoms with Crippen LogP contribution in [-0.2, 0) is 13.8 Å². The number of esters is 1. The molecule has 0 saturated heterocycles. The molecule has 18 heavy (non-hydrogen) atoms. The molecule has 2 rings (SSSR count). The summed E-state index contributed by atoms with van der Waals surface area (Å²) in [7, 11) is 1.43. The Morgan fingerprint density at radius 2 is 2.11 bits per heavy atom. The van der Waals surface area contributed by atoms with Crippen LogP contribution in [0.5, 0.6) is 0 Å². The monoisotopic (exact) mass is 288 g/mol. The highest BCUT2D eigenvalue weighted by atomic mass is 35.7. The number of benzene rings is 1. The Kier molecular flexibility index (Phi) is 3.32. The van der Waals surface area contributed by atoms with Crippen LogP contribution in [-0.4, -0.2) is 21.0 Å². The van der Waals surface area contributed by atoms with Gasteiger partial charge in [-0.3, -0.25) is 0 Å². The Balaban J connectivity index is 2.49. The van der Waals surface area contributed by atoms with Gasteiger partial charge in [-0.15, -0.1) is 0 Å². The molecule has 0 amide bonds. The van der Waals surface area contributed by atoms with E-state index >= 15 is 0 Å². The lowest BCUT2D eigenvalue weighted by molar-refractivity contribution is 0.0492. The molecular formula is C11H9ClO5S. The second kappa shape index (κ2) is 4.62. The second-order valence-electron chi connectivity index (χ2n) is 3.47. The van der Waals surface area contributed by atoms with Gasteiger partial charge >= 0.3 is 5.97 Å². The molecule has 1 heterocycles. The van der Waals surface area contributed by atoms with E-state index < -0.39 is 15.0 Å². The van der Waals surface area contributed by atoms with E-state index in [2.05, 4.69) is 0 Å². The molecule has 0 aliphatic heterocycles. The van der Waals surface area contributed by atoms with E-state index in [0.29, 0.717) is 11.0 Å². The fourth-order valence-corrected chi connectivity index (χ4v) is 2.26. The molecule has 0 N–H and O–H groups in total. The first kappa shape index (κ1) is 12.9. The number of hydrogen-bond acceptors (Lipinski definition) is 5. The first-order chi connectivity index (χ1) is 8.41. The van der Waals surface area contributed by atoms with Crippen LogP contribution in [0.15, 0.2) is 33.6 Å². The summed E-state index contributed by atoms with van der Waals surface area (Å²) >= 11 is 0. The molecule has 0 saturated carbocycles. The summed E-state index contributed by atoms with van der Waals surface area (Å²) in [6.07, 6.45) is 0. The molecule has 0 spiro atoms. The highest BCUT2D eigenvalue weighted by molar-refractivity contribution is 8.13. The average Bonchev–Trinajstić information content (AvgIpc) is 2.70. The van der Waals surface area contributed by atoms with Gasteiger partial charge in [0, 0.05) is 16.1 Å². The van der Waals surface area contributed by atoms with E-state index in [-0.39, 0.29) is 17.3 Å². The smallest absolute Gasteiger partial charge is 0.374 e. The number of carbonyl (C=O) groups is 1. The van der Waals surface area contributed by atoms with Crippen molar-refractivity contribution in [2.24, 2.45) is 0 Å². The zero-order chi connectivity index (χ0) is 13.3. The molecule has 2 aromatic rings. The number of ether oxygens (including phenoxy) is 1. The van der Waals surface area contributed by atoms with Gasteiger partial charge < -0.3 is 9.15 Å². The molecule has 96 valence electrons. The van der Waals surface area contributed by atoms with Crippen LogP contribution in [0.25, 0.3) is 11.0 Å². The number of rotatable bonds is 3. The third-order valence-electron chi connectivity index (χ3n) is 2.25. The van der Waals surface area contributed by atoms with Gasteiger partial charge in [-0.25, -0.2) is 13.2 Å². The van der Waals surface area contributed by atoms with Crippen molar-refractivity contribution in [2.45, 2.75) is 11.8 Å². The standard InChI is InChI=1S/C11H9ClO5S/c1-2-16-11(13)10-6-7-5-8(18(12,14)15)3-4-9(7)17-10/h3-6H,2H2,1H3. The molecule has 0 aliphatic carbocycles. The first-order valence-corrected chi connectivity index (χ1v) is 7.38. The summed E-state index contributed by atoms with van der Waals surface area (Å²) in [4.78, 5) is 11.4. The predicted molar refractivity (Wildman–Crippen MR) is 65.2 cm³/mol. The molecular weight excluding hydrogens is 280 g/mol. The van der Waals surface area contributed by atoms with Crippen LogP contribution in [0.4, 0.5) is 0 Å². The number of furan rings is 1. The van der Waals surface area contributed by atoms with Gasteiger partial charge in [0.2, 0.25) is 5.76 Å². The molecule has 5 nitrogen and oxygen atoms in total. The zero-order valence-electron chi connectivity index (χ0n) is 9.34. The van der Waals surface area contributed by atoms with E-state index in [9.17, 15) is 13.2 Å². The summed E-state index contributed by atoms with van der Waals surface area (Å²) in [5, 5.41) is 0.472. The van der Waals surface area contributed by atoms with Crippen molar-refractivity contribution in [3.63, 3.8) is 0 Å². The summed E-state index contributed by atoms with van der Waals surface area (Å²) in [5.74, 6) is -0.569. The van der Waals surface area contributed by atoms with Crippen molar-refractivity contribution in [3.05, 3.63) is 30.0 Å². The molecule has 0 atom stereocenters. The van der Waals surface area contributed by atoms with Crippen molar-refractivity contribution < 1.29 is 22.4 Å². The maximum absolute atomic E-state index is 11.4. The fraction of sp³-hybridized carbons (Fsp3) is 0.182. The number of hydrogen-bond donors (Lipinski definition) is 0. The van der Waals surface area contributed by atoms with E-state index in [0.717, 1.165) is 0 Å². The van der Waals surface area contributed by atoms with Crippen molar-refractivity contribution in [3.8, 4) is 0 Å². The van der Waals surface area contributed by atoms with Crippen LogP contribution < -0.4 is 0 Å². The van der Waals surface area contributed by atoms with E-state index in [1.807, 2.05) is 0 Å². The first-order valence-electron chi connectivity index (χ1n) is 5.07. The Morgan fingerprint density at radius 3 is 2.72 bits per heavy atom. The summed E-state index contributed by atoms with van der Waals surface area (Å²) in [6, 6.07) is 5.50. The lowest BCUT2D eigenvalue weighted by Crippen LogP contribution is -2.02. The Bertz CT molecular complexity index is 701. The topological polar surface area (TPSA) is 73.6 Å². The average molecular weight is 289 g/mol. The number of halogens is 1. The molecule has 0 bridgehead atoms. The minimum absolute atomic E-state index is 0.0240. The molecule has 1 aromatic carbocycles. The molecule has 0 radical (unpaired) electrons. The van der Waals surface area contributed by atoms with Crippen LogP contribution in [0, 0.1) is 0 Å².